The lowest BCUT2D eigenvalue weighted by molar-refractivity contribution is -0.271. The zero-order chi connectivity index (χ0) is 80.0. The van der Waals surface area contributed by atoms with Crippen molar-refractivity contribution >= 4 is 35.2 Å². The van der Waals surface area contributed by atoms with E-state index in [1.165, 1.54) is 0 Å². The number of anilines is 1. The summed E-state index contributed by atoms with van der Waals surface area (Å²) in [6.45, 7) is 1.56. The maximum atomic E-state index is 11.7. The van der Waals surface area contributed by atoms with E-state index >= 15 is 0 Å². The molecule has 1 unspecified atom stereocenters. The second kappa shape index (κ2) is 38.6. The number of benzene rings is 12. The average molecular weight is 1510 g/mol. The summed E-state index contributed by atoms with van der Waals surface area (Å²) in [7, 11) is 1.64. The highest BCUT2D eigenvalue weighted by Crippen LogP contribution is 2.38. The Hall–Kier alpha value is -13.4. The molecular formula is C92H88N4O16. The van der Waals surface area contributed by atoms with E-state index in [9.17, 15) is 64.8 Å². The maximum Gasteiger partial charge on any atom is 0.335 e. The van der Waals surface area contributed by atoms with Crippen molar-refractivity contribution in [2.75, 3.05) is 12.8 Å². The van der Waals surface area contributed by atoms with Gasteiger partial charge in [-0.3, -0.25) is 14.4 Å². The summed E-state index contributed by atoms with van der Waals surface area (Å²) >= 11 is 0. The number of carboxylic acids is 1. The molecule has 1 aliphatic rings. The number of carboxylic acid groups (broad SMARTS) is 1. The molecule has 16 N–H and O–H groups in total. The second-order valence-corrected chi connectivity index (χ2v) is 26.9. The number of nitrogens with two attached hydrogens (primary N) is 4. The first kappa shape index (κ1) is 81.2. The first-order valence-electron chi connectivity index (χ1n) is 36.2. The number of carbonyl (C=O) groups is 5. The number of hydrogen-bond donors (Lipinski definition) is 12. The van der Waals surface area contributed by atoms with Crippen molar-refractivity contribution in [2.24, 2.45) is 17.2 Å². The zero-order valence-corrected chi connectivity index (χ0v) is 61.7. The van der Waals surface area contributed by atoms with E-state index in [0.717, 1.165) is 117 Å². The highest BCUT2D eigenvalue weighted by molar-refractivity contribution is 5.83. The van der Waals surface area contributed by atoms with Gasteiger partial charge in [0.2, 0.25) is 24.0 Å². The molecule has 0 radical (unpaired) electrons. The minimum atomic E-state index is -1.80. The van der Waals surface area contributed by atoms with Gasteiger partial charge < -0.3 is 82.8 Å². The van der Waals surface area contributed by atoms with Crippen molar-refractivity contribution in [3.63, 3.8) is 0 Å². The van der Waals surface area contributed by atoms with E-state index in [0.29, 0.717) is 37.8 Å². The lowest BCUT2D eigenvalue weighted by Gasteiger charge is -2.38. The molecule has 0 aromatic heterocycles. The van der Waals surface area contributed by atoms with Gasteiger partial charge in [0.25, 0.3) is 0 Å². The third kappa shape index (κ3) is 22.4. The fraction of sp³-hybridized carbons (Fsp3) is 0.163. The summed E-state index contributed by atoms with van der Waals surface area (Å²) in [5, 5.41) is 78.5. The van der Waals surface area contributed by atoms with E-state index in [2.05, 4.69) is 18.2 Å². The largest absolute Gasteiger partial charge is 0.508 e. The smallest absolute Gasteiger partial charge is 0.335 e. The van der Waals surface area contributed by atoms with Gasteiger partial charge in [-0.1, -0.05) is 188 Å². The molecule has 1 fully saturated rings. The van der Waals surface area contributed by atoms with Crippen molar-refractivity contribution in [1.82, 2.24) is 0 Å². The zero-order valence-electron chi connectivity index (χ0n) is 61.7. The Morgan fingerprint density at radius 3 is 1.04 bits per heavy atom. The van der Waals surface area contributed by atoms with E-state index in [-0.39, 0.29) is 71.5 Å². The normalized spacial score (nSPS) is 14.8. The molecule has 13 rings (SSSR count). The summed E-state index contributed by atoms with van der Waals surface area (Å²) < 4.78 is 16.2. The number of Topliss-reactive ketones (excluding diaryl/α,β-unsaturated/α-hetero) is 1. The molecule has 572 valence electrons. The third-order valence-electron chi connectivity index (χ3n) is 18.7. The van der Waals surface area contributed by atoms with Crippen LogP contribution in [-0.2, 0) is 54.4 Å². The Labute approximate surface area is 648 Å². The van der Waals surface area contributed by atoms with Gasteiger partial charge in [-0.2, -0.15) is 0 Å². The number of rotatable bonds is 24. The SMILES string of the molecule is CC(=O)CCc1cc(-c2ccccc2)ccc1-c1cccc(OC2O[C@H](C(=O)O)[C@@H](O)[C@H](O)[C@H]2O)c1.COc1cccc(-c2ccc(-c3cccc(O)c3)c(CCC(N)=O)c2)c1.NC(=O)CCc1cc(-c2ccc(N)cc2)ccc1-c1cccc(O)c1.NC(=O)CCc1cc(-c2cccc(O)c2)ccc1-c1cccc(O)c1. The van der Waals surface area contributed by atoms with Crippen LogP contribution >= 0.6 is 0 Å². The van der Waals surface area contributed by atoms with Crippen molar-refractivity contribution in [1.29, 1.82) is 0 Å². The minimum Gasteiger partial charge on any atom is -0.508 e. The first-order valence-corrected chi connectivity index (χ1v) is 36.2. The molecule has 0 spiro atoms. The van der Waals surface area contributed by atoms with Crippen molar-refractivity contribution in [3.05, 3.63) is 295 Å². The molecule has 12 aromatic rings. The Balaban J connectivity index is 0.000000161. The number of amides is 3. The topological polar surface area (TPSA) is 379 Å². The van der Waals surface area contributed by atoms with Gasteiger partial charge in [-0.15, -0.1) is 0 Å². The predicted molar refractivity (Wildman–Crippen MR) is 433 cm³/mol. The number of phenols is 4. The number of aliphatic hydroxyl groups excluding tert-OH is 3. The van der Waals surface area contributed by atoms with Gasteiger partial charge in [0.15, 0.2) is 6.10 Å². The summed E-state index contributed by atoms with van der Waals surface area (Å²) in [5.74, 6) is -0.551. The summed E-state index contributed by atoms with van der Waals surface area (Å²) in [5.41, 5.74) is 41.8. The van der Waals surface area contributed by atoms with Crippen LogP contribution in [0.4, 0.5) is 5.69 Å². The molecule has 112 heavy (non-hydrogen) atoms. The predicted octanol–water partition coefficient (Wildman–Crippen LogP) is 14.5. The highest BCUT2D eigenvalue weighted by atomic mass is 16.7. The molecule has 1 saturated heterocycles. The van der Waals surface area contributed by atoms with Crippen LogP contribution in [-0.4, -0.2) is 108 Å². The molecule has 20 nitrogen and oxygen atoms in total. The quantitative estimate of drug-likeness (QED) is 0.0250. The third-order valence-corrected chi connectivity index (χ3v) is 18.7. The number of aliphatic hydroxyl groups is 3. The van der Waals surface area contributed by atoms with Gasteiger partial charge in [-0.05, 0) is 229 Å². The van der Waals surface area contributed by atoms with E-state index < -0.39 is 36.7 Å². The Kier molecular flexibility index (Phi) is 28.0. The first-order chi connectivity index (χ1) is 53.9. The molecule has 1 aliphatic heterocycles. The molecule has 0 saturated carbocycles. The second-order valence-electron chi connectivity index (χ2n) is 26.9. The van der Waals surface area contributed by atoms with Crippen LogP contribution in [0.1, 0.15) is 54.9 Å². The number of ketones is 1. The summed E-state index contributed by atoms with van der Waals surface area (Å²) in [4.78, 5) is 56.8. The van der Waals surface area contributed by atoms with Gasteiger partial charge >= 0.3 is 5.97 Å². The van der Waals surface area contributed by atoms with Gasteiger partial charge in [0, 0.05) is 31.4 Å². The number of aliphatic carboxylic acids is 1. The van der Waals surface area contributed by atoms with Crippen LogP contribution in [0.3, 0.4) is 0 Å². The van der Waals surface area contributed by atoms with Crippen LogP contribution in [0, 0.1) is 0 Å². The summed E-state index contributed by atoms with van der Waals surface area (Å²) in [6.07, 6.45) is -5.14. The van der Waals surface area contributed by atoms with Crippen LogP contribution in [0.2, 0.25) is 0 Å². The van der Waals surface area contributed by atoms with Gasteiger partial charge in [-0.25, -0.2) is 4.79 Å². The Morgan fingerprint density at radius 2 is 0.661 bits per heavy atom. The number of carbonyl (C=O) groups excluding carboxylic acids is 4. The summed E-state index contributed by atoms with van der Waals surface area (Å²) in [6, 6.07) is 84.7. The van der Waals surface area contributed by atoms with Crippen molar-refractivity contribution < 1.29 is 79.0 Å². The van der Waals surface area contributed by atoms with Crippen molar-refractivity contribution in [3.8, 4) is 124 Å². The van der Waals surface area contributed by atoms with E-state index in [1.54, 1.807) is 105 Å². The maximum absolute atomic E-state index is 11.7. The number of nitrogen functional groups attached to an aromatic ring is 1. The number of phenolic OH excluding ortho intramolecular Hbond substituents is 4. The molecule has 0 aliphatic carbocycles. The Morgan fingerprint density at radius 1 is 0.348 bits per heavy atom. The molecule has 12 aromatic carbocycles. The minimum absolute atomic E-state index is 0.0836. The van der Waals surface area contributed by atoms with Crippen LogP contribution in [0.5, 0.6) is 34.5 Å². The highest BCUT2D eigenvalue weighted by Gasteiger charge is 2.48. The van der Waals surface area contributed by atoms with Crippen LogP contribution in [0.25, 0.3) is 89.0 Å². The molecule has 1 heterocycles. The number of primary amides is 3. The molecular weight excluding hydrogens is 1420 g/mol. The lowest BCUT2D eigenvalue weighted by Crippen LogP contribution is -2.61. The molecule has 3 amide bonds. The number of aromatic hydroxyl groups is 4. The Bertz CT molecular complexity index is 5280. The number of ether oxygens (including phenoxy) is 3. The average Bonchev–Trinajstić information content (AvgIpc) is 0.833. The molecule has 5 atom stereocenters. The number of aryl methyl sites for hydroxylation is 4. The monoisotopic (exact) mass is 1500 g/mol. The van der Waals surface area contributed by atoms with Crippen LogP contribution < -0.4 is 32.4 Å². The van der Waals surface area contributed by atoms with Crippen molar-refractivity contribution in [2.45, 2.75) is 89.0 Å². The molecule has 0 bridgehead atoms. The van der Waals surface area contributed by atoms with E-state index in [4.69, 9.17) is 37.1 Å². The van der Waals surface area contributed by atoms with Crippen LogP contribution in [0.15, 0.2) is 273 Å². The van der Waals surface area contributed by atoms with Gasteiger partial charge in [0.1, 0.15) is 58.6 Å². The molecule has 20 heteroatoms. The van der Waals surface area contributed by atoms with E-state index in [1.807, 2.05) is 164 Å². The number of methoxy groups -OCH3 is 1. The standard InChI is InChI=1S/C28H28O8.C22H21NO3.C21H20N2O2.C21H19NO3/c1-16(29)10-11-20-14-18(17-6-3-2-4-7-17)12-13-22(20)19-8-5-9-21(15-19)35-28-25(32)23(30)24(31)26(36-28)27(33)34;1-26-20-7-3-4-15(14-20)16-8-10-21(17-5-2-6-19(24)13-17)18(12-16)9-11-22(23)25;22-18-8-4-14(5-9-18)15-6-10-20(16-2-1-3-19(24)13-16)17(12-15)7-11-21(23)25;22-21(25)10-8-17-11-15(14-3-1-5-18(23)12-14)7-9-20(17)16-4-2-6-19(24)13-16/h2-9,12-15,23-26,28,30-32H,10-11H2,1H3,(H,33,34);2-8,10,12-14,24H,9,11H2,1H3,(H2,23,25);1-6,8-10,12-13,24H,7,11,22H2,(H2,23,25);1-7,9,11-13,23-24H,8,10H2,(H2,22,25)/t23-,24-,25+,26-,28?;;;/m0.../s1. The lowest BCUT2D eigenvalue weighted by atomic mass is 9.92. The fourth-order valence-electron chi connectivity index (χ4n) is 13.0. The fourth-order valence-corrected chi connectivity index (χ4v) is 13.0. The van der Waals surface area contributed by atoms with Gasteiger partial charge in [0.05, 0.1) is 7.11 Å². The number of hydrogen-bond acceptors (Lipinski definition) is 16.